The summed E-state index contributed by atoms with van der Waals surface area (Å²) in [4.78, 5) is 13.2. The van der Waals surface area contributed by atoms with Gasteiger partial charge in [-0.1, -0.05) is 6.07 Å². The molecule has 0 spiro atoms. The molecule has 2 aromatic rings. The van der Waals surface area contributed by atoms with Crippen molar-refractivity contribution in [1.82, 2.24) is 0 Å². The van der Waals surface area contributed by atoms with Crippen LogP contribution in [0, 0.1) is 0 Å². The molecule has 0 aliphatic heterocycles. The smallest absolute Gasteiger partial charge is 0.338 e. The van der Waals surface area contributed by atoms with E-state index < -0.39 is 5.97 Å². The summed E-state index contributed by atoms with van der Waals surface area (Å²) in [5, 5.41) is 6.61. The third-order valence-corrected chi connectivity index (χ3v) is 4.57. The first kappa shape index (κ1) is 21.8. The minimum absolute atomic E-state index is 0.337. The molecule has 0 heterocycles. The van der Waals surface area contributed by atoms with E-state index in [9.17, 15) is 4.79 Å². The Morgan fingerprint density at radius 1 is 1.11 bits per heavy atom. The second-order valence-electron chi connectivity index (χ2n) is 5.52. The van der Waals surface area contributed by atoms with Crippen LogP contribution in [0.5, 0.6) is 11.5 Å². The highest BCUT2D eigenvalue weighted by Gasteiger charge is 2.18. The summed E-state index contributed by atoms with van der Waals surface area (Å²) >= 11 is 7.09. The largest absolute Gasteiger partial charge is 0.490 e. The standard InChI is InChI=1S/C20H24N2O4S2/c1-5-25-17-11-13(19(23)24-3)10-16(18(17)26-6-2)22-20(27)21-14-8-7-9-15(12-14)28-4/h7-12H,5-6H2,1-4H3,(H2,21,22,27). The van der Waals surface area contributed by atoms with E-state index >= 15 is 0 Å². The zero-order chi connectivity index (χ0) is 20.5. The molecule has 2 aromatic carbocycles. The molecule has 0 bridgehead atoms. The normalized spacial score (nSPS) is 10.1. The molecule has 0 atom stereocenters. The molecule has 0 amide bonds. The van der Waals surface area contributed by atoms with E-state index in [2.05, 4.69) is 10.6 Å². The van der Waals surface area contributed by atoms with Gasteiger partial charge in [0.05, 0.1) is 31.6 Å². The lowest BCUT2D eigenvalue weighted by Crippen LogP contribution is -2.20. The van der Waals surface area contributed by atoms with E-state index in [1.165, 1.54) is 7.11 Å². The van der Waals surface area contributed by atoms with E-state index in [4.69, 9.17) is 26.4 Å². The number of ether oxygens (including phenoxy) is 3. The van der Waals surface area contributed by atoms with Crippen molar-refractivity contribution in [2.45, 2.75) is 18.7 Å². The highest BCUT2D eigenvalue weighted by molar-refractivity contribution is 7.98. The van der Waals surface area contributed by atoms with Crippen molar-refractivity contribution in [3.8, 4) is 11.5 Å². The highest BCUT2D eigenvalue weighted by Crippen LogP contribution is 2.37. The van der Waals surface area contributed by atoms with Crippen molar-refractivity contribution < 1.29 is 19.0 Å². The molecule has 8 heteroatoms. The maximum atomic E-state index is 12.0. The third kappa shape index (κ3) is 5.77. The van der Waals surface area contributed by atoms with Crippen molar-refractivity contribution in [1.29, 1.82) is 0 Å². The minimum atomic E-state index is -0.474. The molecule has 2 N–H and O–H groups in total. The van der Waals surface area contributed by atoms with Gasteiger partial charge in [-0.3, -0.25) is 0 Å². The lowest BCUT2D eigenvalue weighted by atomic mass is 10.1. The number of esters is 1. The predicted octanol–water partition coefficient (Wildman–Crippen LogP) is 4.80. The zero-order valence-electron chi connectivity index (χ0n) is 16.3. The van der Waals surface area contributed by atoms with Gasteiger partial charge in [0.15, 0.2) is 16.6 Å². The Morgan fingerprint density at radius 3 is 2.50 bits per heavy atom. The number of carbonyl (C=O) groups is 1. The van der Waals surface area contributed by atoms with E-state index in [0.717, 1.165) is 10.6 Å². The van der Waals surface area contributed by atoms with Gasteiger partial charge in [-0.2, -0.15) is 0 Å². The minimum Gasteiger partial charge on any atom is -0.490 e. The first-order chi connectivity index (χ1) is 13.5. The zero-order valence-corrected chi connectivity index (χ0v) is 18.0. The monoisotopic (exact) mass is 420 g/mol. The van der Waals surface area contributed by atoms with Crippen LogP contribution in [-0.4, -0.2) is 37.7 Å². The molecule has 0 aromatic heterocycles. The Morgan fingerprint density at radius 2 is 1.86 bits per heavy atom. The Labute approximate surface area is 174 Å². The van der Waals surface area contributed by atoms with E-state index in [0.29, 0.717) is 41.1 Å². The first-order valence-electron chi connectivity index (χ1n) is 8.76. The second-order valence-corrected chi connectivity index (χ2v) is 6.81. The second kappa shape index (κ2) is 10.8. The topological polar surface area (TPSA) is 68.8 Å². The maximum Gasteiger partial charge on any atom is 0.338 e. The van der Waals surface area contributed by atoms with Crippen LogP contribution in [0.2, 0.25) is 0 Å². The Hall–Kier alpha value is -2.45. The number of methoxy groups -OCH3 is 1. The van der Waals surface area contributed by atoms with Gasteiger partial charge in [0.2, 0.25) is 0 Å². The van der Waals surface area contributed by atoms with Gasteiger partial charge in [0, 0.05) is 10.6 Å². The molecule has 0 fully saturated rings. The number of thioether (sulfide) groups is 1. The van der Waals surface area contributed by atoms with Crippen LogP contribution in [0.1, 0.15) is 24.2 Å². The molecular weight excluding hydrogens is 396 g/mol. The lowest BCUT2D eigenvalue weighted by Gasteiger charge is -2.18. The summed E-state index contributed by atoms with van der Waals surface area (Å²) in [6.07, 6.45) is 2.01. The van der Waals surface area contributed by atoms with Gasteiger partial charge in [0.1, 0.15) is 0 Å². The van der Waals surface area contributed by atoms with Gasteiger partial charge >= 0.3 is 5.97 Å². The van der Waals surface area contributed by atoms with Crippen LogP contribution in [0.15, 0.2) is 41.3 Å². The molecule has 0 radical (unpaired) electrons. The maximum absolute atomic E-state index is 12.0. The highest BCUT2D eigenvalue weighted by atomic mass is 32.2. The number of hydrogen-bond donors (Lipinski definition) is 2. The van der Waals surface area contributed by atoms with Crippen LogP contribution >= 0.6 is 24.0 Å². The predicted molar refractivity (Wildman–Crippen MR) is 118 cm³/mol. The molecule has 0 saturated heterocycles. The molecule has 0 unspecified atom stereocenters. The summed E-state index contributed by atoms with van der Waals surface area (Å²) in [6.45, 7) is 4.59. The van der Waals surface area contributed by atoms with Gasteiger partial charge in [-0.15, -0.1) is 11.8 Å². The first-order valence-corrected chi connectivity index (χ1v) is 10.4. The van der Waals surface area contributed by atoms with Gasteiger partial charge in [-0.25, -0.2) is 4.79 Å². The third-order valence-electron chi connectivity index (χ3n) is 3.64. The van der Waals surface area contributed by atoms with E-state index in [1.54, 1.807) is 23.9 Å². The summed E-state index contributed by atoms with van der Waals surface area (Å²) in [7, 11) is 1.33. The van der Waals surface area contributed by atoms with Crippen LogP contribution in [-0.2, 0) is 4.74 Å². The van der Waals surface area contributed by atoms with Crippen LogP contribution in [0.25, 0.3) is 0 Å². The number of benzene rings is 2. The fourth-order valence-corrected chi connectivity index (χ4v) is 3.16. The Bertz CT molecular complexity index is 843. The Balaban J connectivity index is 2.33. The van der Waals surface area contributed by atoms with Crippen molar-refractivity contribution in [3.05, 3.63) is 42.0 Å². The average Bonchev–Trinajstić information content (AvgIpc) is 2.69. The van der Waals surface area contributed by atoms with Gasteiger partial charge in [-0.05, 0) is 62.7 Å². The fraction of sp³-hybridized carbons (Fsp3) is 0.300. The molecule has 28 heavy (non-hydrogen) atoms. The van der Waals surface area contributed by atoms with E-state index in [-0.39, 0.29) is 0 Å². The number of thiocarbonyl (C=S) groups is 1. The quantitative estimate of drug-likeness (QED) is 0.359. The molecule has 0 aliphatic carbocycles. The number of hydrogen-bond acceptors (Lipinski definition) is 6. The van der Waals surface area contributed by atoms with Crippen molar-refractivity contribution in [2.24, 2.45) is 0 Å². The molecule has 2 rings (SSSR count). The number of carbonyl (C=O) groups excluding carboxylic acids is 1. The molecule has 0 aliphatic rings. The SMILES string of the molecule is CCOc1cc(C(=O)OC)cc(NC(=S)Nc2cccc(SC)c2)c1OCC. The summed E-state index contributed by atoms with van der Waals surface area (Å²) in [6, 6.07) is 11.1. The summed E-state index contributed by atoms with van der Waals surface area (Å²) in [5.74, 6) is 0.458. The Kier molecular flexibility index (Phi) is 8.41. The molecule has 6 nitrogen and oxygen atoms in total. The molecular formula is C20H24N2O4S2. The van der Waals surface area contributed by atoms with Crippen LogP contribution in [0.3, 0.4) is 0 Å². The lowest BCUT2D eigenvalue weighted by molar-refractivity contribution is 0.0600. The van der Waals surface area contributed by atoms with Gasteiger partial charge in [0.25, 0.3) is 0 Å². The van der Waals surface area contributed by atoms with Crippen molar-refractivity contribution in [3.63, 3.8) is 0 Å². The van der Waals surface area contributed by atoms with Crippen LogP contribution < -0.4 is 20.1 Å². The van der Waals surface area contributed by atoms with Crippen molar-refractivity contribution in [2.75, 3.05) is 37.2 Å². The van der Waals surface area contributed by atoms with Gasteiger partial charge < -0.3 is 24.8 Å². The molecule has 150 valence electrons. The number of nitrogens with one attached hydrogen (secondary N) is 2. The van der Waals surface area contributed by atoms with Crippen molar-refractivity contribution >= 4 is 46.4 Å². The van der Waals surface area contributed by atoms with E-state index in [1.807, 2.05) is 44.4 Å². The summed E-state index contributed by atoms with van der Waals surface area (Å²) in [5.41, 5.74) is 1.72. The van der Waals surface area contributed by atoms with Crippen LogP contribution in [0.4, 0.5) is 11.4 Å². The fourth-order valence-electron chi connectivity index (χ4n) is 2.47. The molecule has 0 saturated carbocycles. The number of anilines is 2. The summed E-state index contributed by atoms with van der Waals surface area (Å²) < 4.78 is 16.2. The average molecular weight is 421 g/mol. The number of rotatable bonds is 8.